The number of methoxy groups -OCH3 is 2. The third-order valence-corrected chi connectivity index (χ3v) is 4.94. The number of rotatable bonds is 7. The zero-order valence-electron chi connectivity index (χ0n) is 17.4. The van der Waals surface area contributed by atoms with Gasteiger partial charge in [0.05, 0.1) is 19.4 Å². The van der Waals surface area contributed by atoms with E-state index in [9.17, 15) is 0 Å². The maximum Gasteiger partial charge on any atom is 0.191 e. The summed E-state index contributed by atoms with van der Waals surface area (Å²) in [7, 11) is 5.24. The molecule has 1 atom stereocenters. The molecule has 2 aromatic rings. The van der Waals surface area contributed by atoms with Gasteiger partial charge in [0.25, 0.3) is 0 Å². The molecule has 6 nitrogen and oxygen atoms in total. The molecule has 158 valence electrons. The van der Waals surface area contributed by atoms with Crippen LogP contribution in [-0.4, -0.2) is 46.4 Å². The van der Waals surface area contributed by atoms with Crippen molar-refractivity contribution in [3.05, 3.63) is 59.7 Å². The van der Waals surface area contributed by atoms with Gasteiger partial charge in [-0.15, -0.1) is 24.0 Å². The normalized spacial score (nSPS) is 16.3. The largest absolute Gasteiger partial charge is 0.495 e. The van der Waals surface area contributed by atoms with E-state index in [1.807, 2.05) is 19.2 Å². The Hall–Kier alpha value is -2.00. The van der Waals surface area contributed by atoms with E-state index in [0.29, 0.717) is 12.6 Å². The first kappa shape index (κ1) is 23.3. The first-order chi connectivity index (χ1) is 13.7. The minimum absolute atomic E-state index is 0. The molecule has 0 amide bonds. The van der Waals surface area contributed by atoms with Crippen LogP contribution in [0.5, 0.6) is 5.75 Å². The first-order valence-corrected chi connectivity index (χ1v) is 9.65. The molecule has 1 aliphatic rings. The van der Waals surface area contributed by atoms with Crippen molar-refractivity contribution >= 4 is 35.6 Å². The fourth-order valence-electron chi connectivity index (χ4n) is 3.56. The second kappa shape index (κ2) is 11.9. The fraction of sp³-hybridized carbons (Fsp3) is 0.409. The van der Waals surface area contributed by atoms with E-state index in [4.69, 9.17) is 9.47 Å². The fourth-order valence-corrected chi connectivity index (χ4v) is 3.56. The summed E-state index contributed by atoms with van der Waals surface area (Å²) >= 11 is 0. The molecule has 1 aliphatic heterocycles. The van der Waals surface area contributed by atoms with E-state index in [0.717, 1.165) is 43.5 Å². The topological polar surface area (TPSA) is 58.1 Å². The molecule has 0 aromatic heterocycles. The van der Waals surface area contributed by atoms with Crippen LogP contribution in [0.25, 0.3) is 0 Å². The van der Waals surface area contributed by atoms with Gasteiger partial charge in [-0.1, -0.05) is 36.4 Å². The van der Waals surface area contributed by atoms with Crippen molar-refractivity contribution in [3.63, 3.8) is 0 Å². The van der Waals surface area contributed by atoms with Gasteiger partial charge in [-0.2, -0.15) is 0 Å². The molecule has 0 aliphatic carbocycles. The van der Waals surface area contributed by atoms with Crippen molar-refractivity contribution in [1.29, 1.82) is 0 Å². The lowest BCUT2D eigenvalue weighted by Crippen LogP contribution is -2.44. The number of ether oxygens (including phenoxy) is 2. The van der Waals surface area contributed by atoms with Crippen LogP contribution in [0.3, 0.4) is 0 Å². The minimum Gasteiger partial charge on any atom is -0.495 e. The van der Waals surface area contributed by atoms with E-state index in [1.165, 1.54) is 11.1 Å². The second-order valence-corrected chi connectivity index (χ2v) is 6.93. The highest BCUT2D eigenvalue weighted by atomic mass is 127. The van der Waals surface area contributed by atoms with Gasteiger partial charge in [0, 0.05) is 39.8 Å². The van der Waals surface area contributed by atoms with Gasteiger partial charge in [0.2, 0.25) is 0 Å². The van der Waals surface area contributed by atoms with Gasteiger partial charge in [0.1, 0.15) is 5.75 Å². The Kier molecular flexibility index (Phi) is 9.53. The Morgan fingerprint density at radius 1 is 1.14 bits per heavy atom. The molecule has 2 aromatic carbocycles. The Labute approximate surface area is 190 Å². The minimum atomic E-state index is 0. The standard InChI is InChI=1S/C22H30N4O2.HI/c1-23-22(24-14-17-7-6-8-18(13-17)16-27-2)25-19-11-12-26(15-19)20-9-4-5-10-21(20)28-3;/h4-10,13,19H,11-12,14-16H2,1-3H3,(H2,23,24,25);1H. The number of guanidine groups is 1. The molecule has 2 N–H and O–H groups in total. The van der Waals surface area contributed by atoms with Crippen LogP contribution in [0.2, 0.25) is 0 Å². The van der Waals surface area contributed by atoms with Crippen LogP contribution in [0.4, 0.5) is 5.69 Å². The Morgan fingerprint density at radius 2 is 1.93 bits per heavy atom. The van der Waals surface area contributed by atoms with Crippen molar-refractivity contribution in [1.82, 2.24) is 10.6 Å². The van der Waals surface area contributed by atoms with Crippen molar-refractivity contribution in [3.8, 4) is 5.75 Å². The van der Waals surface area contributed by atoms with Crippen LogP contribution in [-0.2, 0) is 17.9 Å². The number of para-hydroxylation sites is 2. The molecule has 0 saturated carbocycles. The SMILES string of the molecule is CN=C(NCc1cccc(COC)c1)NC1CCN(c2ccccc2OC)C1.I. The molecular formula is C22H31IN4O2. The second-order valence-electron chi connectivity index (χ2n) is 6.93. The van der Waals surface area contributed by atoms with Gasteiger partial charge >= 0.3 is 0 Å². The number of hydrogen-bond acceptors (Lipinski definition) is 4. The first-order valence-electron chi connectivity index (χ1n) is 9.65. The Balaban J connectivity index is 0.00000300. The van der Waals surface area contributed by atoms with E-state index in [-0.39, 0.29) is 24.0 Å². The molecule has 29 heavy (non-hydrogen) atoms. The average molecular weight is 510 g/mol. The van der Waals surface area contributed by atoms with E-state index in [1.54, 1.807) is 14.2 Å². The average Bonchev–Trinajstić information content (AvgIpc) is 3.20. The van der Waals surface area contributed by atoms with Crippen LogP contribution < -0.4 is 20.3 Å². The maximum atomic E-state index is 5.50. The summed E-state index contributed by atoms with van der Waals surface area (Å²) in [6.07, 6.45) is 1.06. The lowest BCUT2D eigenvalue weighted by atomic mass is 10.1. The van der Waals surface area contributed by atoms with Gasteiger partial charge < -0.3 is 25.0 Å². The monoisotopic (exact) mass is 510 g/mol. The zero-order chi connectivity index (χ0) is 19.8. The van der Waals surface area contributed by atoms with Crippen molar-refractivity contribution < 1.29 is 9.47 Å². The molecule has 1 fully saturated rings. The molecule has 1 unspecified atom stereocenters. The maximum absolute atomic E-state index is 5.50. The molecule has 0 bridgehead atoms. The van der Waals surface area contributed by atoms with Crippen molar-refractivity contribution in [2.45, 2.75) is 25.6 Å². The number of halogens is 1. The van der Waals surface area contributed by atoms with E-state index < -0.39 is 0 Å². The molecule has 3 rings (SSSR count). The summed E-state index contributed by atoms with van der Waals surface area (Å²) in [5.41, 5.74) is 3.53. The van der Waals surface area contributed by atoms with Gasteiger partial charge in [-0.05, 0) is 29.7 Å². The molecule has 1 saturated heterocycles. The summed E-state index contributed by atoms with van der Waals surface area (Å²) in [5, 5.41) is 6.96. The number of aliphatic imine (C=N–C) groups is 1. The van der Waals surface area contributed by atoms with Crippen molar-refractivity contribution in [2.24, 2.45) is 4.99 Å². The van der Waals surface area contributed by atoms with Crippen LogP contribution in [0.15, 0.2) is 53.5 Å². The summed E-state index contributed by atoms with van der Waals surface area (Å²) < 4.78 is 10.7. The van der Waals surface area contributed by atoms with Gasteiger partial charge in [0.15, 0.2) is 5.96 Å². The molecule has 0 radical (unpaired) electrons. The summed E-state index contributed by atoms with van der Waals surface area (Å²) in [6.45, 7) is 3.26. The van der Waals surface area contributed by atoms with Crippen molar-refractivity contribution in [2.75, 3.05) is 39.3 Å². The van der Waals surface area contributed by atoms with E-state index in [2.05, 4.69) is 56.9 Å². The highest BCUT2D eigenvalue weighted by Crippen LogP contribution is 2.30. The predicted molar refractivity (Wildman–Crippen MR) is 130 cm³/mol. The lowest BCUT2D eigenvalue weighted by molar-refractivity contribution is 0.185. The number of nitrogens with one attached hydrogen (secondary N) is 2. The Morgan fingerprint density at radius 3 is 2.69 bits per heavy atom. The van der Waals surface area contributed by atoms with E-state index >= 15 is 0 Å². The predicted octanol–water partition coefficient (Wildman–Crippen LogP) is 3.40. The Bertz CT molecular complexity index is 800. The number of anilines is 1. The molecular weight excluding hydrogens is 479 g/mol. The quantitative estimate of drug-likeness (QED) is 0.340. The lowest BCUT2D eigenvalue weighted by Gasteiger charge is -2.22. The molecule has 7 heteroatoms. The zero-order valence-corrected chi connectivity index (χ0v) is 19.7. The third-order valence-electron chi connectivity index (χ3n) is 4.94. The molecule has 0 spiro atoms. The van der Waals surface area contributed by atoms with Gasteiger partial charge in [-0.3, -0.25) is 4.99 Å². The summed E-state index contributed by atoms with van der Waals surface area (Å²) in [6, 6.07) is 16.9. The third kappa shape index (κ3) is 6.50. The molecule has 1 heterocycles. The smallest absolute Gasteiger partial charge is 0.191 e. The van der Waals surface area contributed by atoms with Crippen LogP contribution in [0, 0.1) is 0 Å². The summed E-state index contributed by atoms with van der Waals surface area (Å²) in [5.74, 6) is 1.74. The highest BCUT2D eigenvalue weighted by molar-refractivity contribution is 14.0. The number of nitrogens with zero attached hydrogens (tertiary/aromatic N) is 2. The van der Waals surface area contributed by atoms with Gasteiger partial charge in [-0.25, -0.2) is 0 Å². The highest BCUT2D eigenvalue weighted by Gasteiger charge is 2.25. The van der Waals surface area contributed by atoms with Crippen LogP contribution >= 0.6 is 24.0 Å². The summed E-state index contributed by atoms with van der Waals surface area (Å²) in [4.78, 5) is 6.74. The van der Waals surface area contributed by atoms with Crippen LogP contribution in [0.1, 0.15) is 17.5 Å². The number of benzene rings is 2. The number of hydrogen-bond donors (Lipinski definition) is 2.